The minimum absolute atomic E-state index is 0.103. The average molecular weight is 427 g/mol. The number of nitrogens with zero attached hydrogens (tertiary/aromatic N) is 2. The van der Waals surface area contributed by atoms with Crippen LogP contribution < -0.4 is 10.6 Å². The Hall–Kier alpha value is -2.08. The highest BCUT2D eigenvalue weighted by atomic mass is 16.2. The van der Waals surface area contributed by atoms with Crippen LogP contribution in [0.4, 0.5) is 10.5 Å². The second-order valence-corrected chi connectivity index (χ2v) is 9.82. The molecule has 4 rings (SSSR count). The first kappa shape index (κ1) is 22.1. The van der Waals surface area contributed by atoms with Crippen molar-refractivity contribution < 1.29 is 9.59 Å². The van der Waals surface area contributed by atoms with Crippen LogP contribution in [0.25, 0.3) is 0 Å². The number of benzene rings is 1. The number of nitrogens with one attached hydrogen (secondary N) is 2. The van der Waals surface area contributed by atoms with Gasteiger partial charge in [-0.3, -0.25) is 4.79 Å². The Morgan fingerprint density at radius 2 is 1.77 bits per heavy atom. The van der Waals surface area contributed by atoms with Crippen LogP contribution in [0.5, 0.6) is 0 Å². The number of amides is 3. The monoisotopic (exact) mass is 426 g/mol. The Morgan fingerprint density at radius 1 is 1.00 bits per heavy atom. The summed E-state index contributed by atoms with van der Waals surface area (Å²) in [5.41, 5.74) is 1.92. The number of carbonyl (C=O) groups excluding carboxylic acids is 2. The Morgan fingerprint density at radius 3 is 2.52 bits per heavy atom. The summed E-state index contributed by atoms with van der Waals surface area (Å²) >= 11 is 0. The largest absolute Gasteiger partial charge is 0.353 e. The summed E-state index contributed by atoms with van der Waals surface area (Å²) in [5, 5.41) is 6.27. The van der Waals surface area contributed by atoms with Crippen molar-refractivity contribution in [3.8, 4) is 0 Å². The number of aryl methyl sites for hydroxylation is 1. The van der Waals surface area contributed by atoms with E-state index in [1.807, 2.05) is 31.2 Å². The maximum atomic E-state index is 12.9. The maximum Gasteiger partial charge on any atom is 0.321 e. The van der Waals surface area contributed by atoms with Crippen LogP contribution in [0.3, 0.4) is 0 Å². The molecular weight excluding hydrogens is 388 g/mol. The first-order chi connectivity index (χ1) is 15.1. The van der Waals surface area contributed by atoms with E-state index in [0.29, 0.717) is 13.1 Å². The lowest BCUT2D eigenvalue weighted by Gasteiger charge is -2.36. The van der Waals surface area contributed by atoms with Crippen molar-refractivity contribution in [1.82, 2.24) is 15.1 Å². The van der Waals surface area contributed by atoms with Crippen LogP contribution in [0, 0.1) is 18.8 Å². The summed E-state index contributed by atoms with van der Waals surface area (Å²) in [5.74, 6) is 0.918. The van der Waals surface area contributed by atoms with Crippen LogP contribution in [0.2, 0.25) is 0 Å². The molecule has 1 aliphatic carbocycles. The fraction of sp³-hybridized carbons (Fsp3) is 0.680. The number of hydrogen-bond donors (Lipinski definition) is 2. The Balaban J connectivity index is 1.21. The Labute approximate surface area is 186 Å². The molecule has 0 spiro atoms. The first-order valence-electron chi connectivity index (χ1n) is 12.2. The van der Waals surface area contributed by atoms with Gasteiger partial charge in [-0.1, -0.05) is 25.0 Å². The third-order valence-electron chi connectivity index (χ3n) is 7.27. The van der Waals surface area contributed by atoms with Crippen LogP contribution in [0.1, 0.15) is 56.9 Å². The molecule has 2 aliphatic heterocycles. The Bertz CT molecular complexity index is 754. The summed E-state index contributed by atoms with van der Waals surface area (Å²) < 4.78 is 0. The maximum absolute atomic E-state index is 12.9. The molecule has 6 nitrogen and oxygen atoms in total. The van der Waals surface area contributed by atoms with Crippen molar-refractivity contribution in [2.75, 3.05) is 38.0 Å². The topological polar surface area (TPSA) is 64.7 Å². The zero-order valence-electron chi connectivity index (χ0n) is 18.9. The molecule has 3 amide bonds. The highest BCUT2D eigenvalue weighted by Crippen LogP contribution is 2.26. The van der Waals surface area contributed by atoms with Crippen LogP contribution in [0.15, 0.2) is 24.3 Å². The molecule has 1 unspecified atom stereocenters. The summed E-state index contributed by atoms with van der Waals surface area (Å²) in [4.78, 5) is 30.0. The second kappa shape index (κ2) is 10.5. The van der Waals surface area contributed by atoms with Gasteiger partial charge in [0.15, 0.2) is 0 Å². The number of piperidine rings is 2. The highest BCUT2D eigenvalue weighted by molar-refractivity contribution is 5.90. The van der Waals surface area contributed by atoms with Gasteiger partial charge in [0.25, 0.3) is 0 Å². The Kier molecular flexibility index (Phi) is 7.49. The van der Waals surface area contributed by atoms with Gasteiger partial charge in [0.05, 0.1) is 5.92 Å². The molecule has 170 valence electrons. The number of hydrogen-bond acceptors (Lipinski definition) is 3. The molecular formula is C25H38N4O2. The van der Waals surface area contributed by atoms with Gasteiger partial charge in [0.1, 0.15) is 0 Å². The molecule has 2 N–H and O–H groups in total. The molecule has 3 fully saturated rings. The third kappa shape index (κ3) is 6.22. The molecule has 31 heavy (non-hydrogen) atoms. The zero-order valence-corrected chi connectivity index (χ0v) is 18.9. The number of anilines is 1. The van der Waals surface area contributed by atoms with Crippen molar-refractivity contribution in [2.45, 2.75) is 64.3 Å². The fourth-order valence-electron chi connectivity index (χ4n) is 5.44. The van der Waals surface area contributed by atoms with Crippen molar-refractivity contribution in [3.63, 3.8) is 0 Å². The standard InChI is InChI=1S/C25H38N4O2/c1-19-6-4-10-23(16-19)27-25(31)29-13-5-9-21(18-29)24(30)26-22-11-14-28(15-12-22)17-20-7-2-3-8-20/h4,6,10,16,20-22H,2-3,5,7-9,11-15,17-18H2,1H3,(H,26,30)(H,27,31). The second-order valence-electron chi connectivity index (χ2n) is 9.82. The van der Waals surface area contributed by atoms with Gasteiger partial charge in [0, 0.05) is 44.5 Å². The molecule has 0 bridgehead atoms. The van der Waals surface area contributed by atoms with Crippen LogP contribution in [-0.2, 0) is 4.79 Å². The van der Waals surface area contributed by atoms with Gasteiger partial charge in [-0.15, -0.1) is 0 Å². The predicted molar refractivity (Wildman–Crippen MR) is 124 cm³/mol. The van der Waals surface area contributed by atoms with E-state index in [2.05, 4.69) is 15.5 Å². The molecule has 1 aromatic rings. The van der Waals surface area contributed by atoms with E-state index in [1.54, 1.807) is 4.90 Å². The molecule has 2 heterocycles. The van der Waals surface area contributed by atoms with Crippen molar-refractivity contribution in [1.29, 1.82) is 0 Å². The molecule has 1 saturated carbocycles. The smallest absolute Gasteiger partial charge is 0.321 e. The van der Waals surface area contributed by atoms with E-state index in [9.17, 15) is 9.59 Å². The van der Waals surface area contributed by atoms with E-state index in [-0.39, 0.29) is 23.9 Å². The molecule has 1 aromatic carbocycles. The fourth-order valence-corrected chi connectivity index (χ4v) is 5.44. The van der Waals surface area contributed by atoms with Crippen molar-refractivity contribution in [2.24, 2.45) is 11.8 Å². The summed E-state index contributed by atoms with van der Waals surface area (Å²) in [7, 11) is 0. The van der Waals surface area contributed by atoms with Crippen LogP contribution >= 0.6 is 0 Å². The number of carbonyl (C=O) groups is 2. The SMILES string of the molecule is Cc1cccc(NC(=O)N2CCCC(C(=O)NC3CCN(CC4CCCC4)CC3)C2)c1. The normalized spacial score (nSPS) is 23.6. The van der Waals surface area contributed by atoms with Gasteiger partial charge in [-0.25, -0.2) is 4.79 Å². The lowest BCUT2D eigenvalue weighted by Crippen LogP contribution is -2.51. The molecule has 0 radical (unpaired) electrons. The molecule has 2 saturated heterocycles. The van der Waals surface area contributed by atoms with Crippen molar-refractivity contribution >= 4 is 17.6 Å². The average Bonchev–Trinajstić information content (AvgIpc) is 3.28. The lowest BCUT2D eigenvalue weighted by atomic mass is 9.95. The quantitative estimate of drug-likeness (QED) is 0.748. The van der Waals surface area contributed by atoms with Gasteiger partial charge in [-0.2, -0.15) is 0 Å². The van der Waals surface area contributed by atoms with E-state index < -0.39 is 0 Å². The van der Waals surface area contributed by atoms with E-state index >= 15 is 0 Å². The van der Waals surface area contributed by atoms with Crippen LogP contribution in [-0.4, -0.2) is 60.5 Å². The van der Waals surface area contributed by atoms with Gasteiger partial charge in [0.2, 0.25) is 5.91 Å². The number of rotatable bonds is 5. The van der Waals surface area contributed by atoms with E-state index in [1.165, 1.54) is 32.2 Å². The summed E-state index contributed by atoms with van der Waals surface area (Å²) in [6.45, 7) is 6.66. The zero-order chi connectivity index (χ0) is 21.6. The minimum Gasteiger partial charge on any atom is -0.353 e. The third-order valence-corrected chi connectivity index (χ3v) is 7.27. The summed E-state index contributed by atoms with van der Waals surface area (Å²) in [6.07, 6.45) is 9.42. The number of urea groups is 1. The first-order valence-corrected chi connectivity index (χ1v) is 12.2. The van der Waals surface area contributed by atoms with Gasteiger partial charge < -0.3 is 20.4 Å². The number of likely N-dealkylation sites (tertiary alicyclic amines) is 2. The van der Waals surface area contributed by atoms with Gasteiger partial charge in [-0.05, 0) is 69.1 Å². The molecule has 0 aromatic heterocycles. The predicted octanol–water partition coefficient (Wildman–Crippen LogP) is 4.01. The summed E-state index contributed by atoms with van der Waals surface area (Å²) in [6, 6.07) is 7.99. The van der Waals surface area contributed by atoms with Crippen molar-refractivity contribution in [3.05, 3.63) is 29.8 Å². The molecule has 3 aliphatic rings. The molecule has 6 heteroatoms. The highest BCUT2D eigenvalue weighted by Gasteiger charge is 2.31. The van der Waals surface area contributed by atoms with E-state index in [0.717, 1.165) is 55.9 Å². The van der Waals surface area contributed by atoms with E-state index in [4.69, 9.17) is 0 Å². The molecule has 1 atom stereocenters. The van der Waals surface area contributed by atoms with Gasteiger partial charge >= 0.3 is 6.03 Å². The lowest BCUT2D eigenvalue weighted by molar-refractivity contribution is -0.127. The minimum atomic E-state index is -0.108.